The molecule has 0 atom stereocenters. The van der Waals surface area contributed by atoms with Crippen molar-refractivity contribution in [2.75, 3.05) is 18.1 Å². The number of H-pyrrole nitrogens is 1. The number of aromatic amines is 1. The van der Waals surface area contributed by atoms with Gasteiger partial charge in [-0.05, 0) is 12.1 Å². The maximum atomic E-state index is 5.66. The van der Waals surface area contributed by atoms with Crippen LogP contribution in [0.1, 0.15) is 0 Å². The molecule has 0 radical (unpaired) electrons. The maximum Gasteiger partial charge on any atom is 0.223 e. The van der Waals surface area contributed by atoms with E-state index in [4.69, 9.17) is 10.5 Å². The van der Waals surface area contributed by atoms with Crippen LogP contribution in [-0.4, -0.2) is 32.3 Å². The minimum atomic E-state index is 0.232. The van der Waals surface area contributed by atoms with E-state index < -0.39 is 0 Å². The molecular weight excluding hydrogens is 274 g/mol. The number of nitrogens with one attached hydrogen (secondary N) is 1. The van der Waals surface area contributed by atoms with E-state index in [1.165, 1.54) is 0 Å². The first-order chi connectivity index (χ1) is 9.83. The summed E-state index contributed by atoms with van der Waals surface area (Å²) < 4.78 is 5.63. The number of nitrogen functional groups attached to an aromatic ring is 1. The molecular formula is C13H13N5OS. The molecule has 3 aromatic rings. The van der Waals surface area contributed by atoms with Gasteiger partial charge in [-0.1, -0.05) is 18.2 Å². The minimum Gasteiger partial charge on any atom is -0.493 e. The number of aromatic nitrogens is 4. The van der Waals surface area contributed by atoms with Crippen molar-refractivity contribution >= 4 is 28.9 Å². The van der Waals surface area contributed by atoms with E-state index in [0.29, 0.717) is 12.3 Å². The summed E-state index contributed by atoms with van der Waals surface area (Å²) in [5.41, 5.74) is 7.05. The van der Waals surface area contributed by atoms with Crippen molar-refractivity contribution in [2.24, 2.45) is 0 Å². The Hall–Kier alpha value is -2.28. The fraction of sp³-hybridized carbons (Fsp3) is 0.154. The molecule has 0 amide bonds. The molecule has 0 aliphatic rings. The monoisotopic (exact) mass is 287 g/mol. The summed E-state index contributed by atoms with van der Waals surface area (Å²) in [4.78, 5) is 15.4. The van der Waals surface area contributed by atoms with Crippen molar-refractivity contribution in [1.82, 2.24) is 19.9 Å². The fourth-order valence-electron chi connectivity index (χ4n) is 1.74. The highest BCUT2D eigenvalue weighted by Crippen LogP contribution is 2.23. The number of hydrogen-bond donors (Lipinski definition) is 2. The molecule has 3 N–H and O–H groups in total. The van der Waals surface area contributed by atoms with E-state index in [1.807, 2.05) is 30.3 Å². The van der Waals surface area contributed by atoms with E-state index in [-0.39, 0.29) is 5.95 Å². The average molecular weight is 287 g/mol. The molecule has 0 saturated carbocycles. The minimum absolute atomic E-state index is 0.232. The molecule has 102 valence electrons. The highest BCUT2D eigenvalue weighted by atomic mass is 32.2. The Kier molecular flexibility index (Phi) is 3.69. The molecule has 0 fully saturated rings. The average Bonchev–Trinajstić information content (AvgIpc) is 2.92. The second-order valence-electron chi connectivity index (χ2n) is 4.00. The van der Waals surface area contributed by atoms with Crippen molar-refractivity contribution in [3.05, 3.63) is 36.7 Å². The standard InChI is InChI=1S/C13H13N5OS/c14-13-17-11-10(15-8-16-11)12(18-13)20-7-6-19-9-4-2-1-3-5-9/h1-5,8H,6-7H2,(H3,14,15,16,17,18). The van der Waals surface area contributed by atoms with Gasteiger partial charge < -0.3 is 15.5 Å². The Morgan fingerprint density at radius 3 is 2.90 bits per heavy atom. The molecule has 0 aliphatic heterocycles. The van der Waals surface area contributed by atoms with Crippen LogP contribution in [0.3, 0.4) is 0 Å². The van der Waals surface area contributed by atoms with Gasteiger partial charge in [0.15, 0.2) is 5.65 Å². The molecule has 2 aromatic heterocycles. The van der Waals surface area contributed by atoms with Gasteiger partial charge in [0.05, 0.1) is 12.9 Å². The van der Waals surface area contributed by atoms with E-state index >= 15 is 0 Å². The topological polar surface area (TPSA) is 89.7 Å². The molecule has 0 saturated heterocycles. The lowest BCUT2D eigenvalue weighted by Crippen LogP contribution is -2.02. The quantitative estimate of drug-likeness (QED) is 0.424. The van der Waals surface area contributed by atoms with Gasteiger partial charge >= 0.3 is 0 Å². The zero-order valence-electron chi connectivity index (χ0n) is 10.6. The van der Waals surface area contributed by atoms with Crippen molar-refractivity contribution in [3.8, 4) is 5.75 Å². The third kappa shape index (κ3) is 2.83. The number of thioether (sulfide) groups is 1. The summed E-state index contributed by atoms with van der Waals surface area (Å²) >= 11 is 1.56. The van der Waals surface area contributed by atoms with E-state index in [2.05, 4.69) is 19.9 Å². The summed E-state index contributed by atoms with van der Waals surface area (Å²) in [6, 6.07) is 9.71. The molecule has 1 aromatic carbocycles. The summed E-state index contributed by atoms with van der Waals surface area (Å²) in [6.45, 7) is 0.591. The fourth-order valence-corrected chi connectivity index (χ4v) is 2.55. The van der Waals surface area contributed by atoms with Crippen LogP contribution in [0.25, 0.3) is 11.2 Å². The van der Waals surface area contributed by atoms with Gasteiger partial charge in [-0.3, -0.25) is 0 Å². The second kappa shape index (κ2) is 5.79. The molecule has 7 heteroatoms. The normalized spacial score (nSPS) is 10.8. The summed E-state index contributed by atoms with van der Waals surface area (Å²) in [7, 11) is 0. The molecule has 20 heavy (non-hydrogen) atoms. The van der Waals surface area contributed by atoms with E-state index in [1.54, 1.807) is 18.1 Å². The number of nitrogens with two attached hydrogens (primary N) is 1. The molecule has 0 aliphatic carbocycles. The van der Waals surface area contributed by atoms with Crippen molar-refractivity contribution in [1.29, 1.82) is 0 Å². The molecule has 0 unspecified atom stereocenters. The molecule has 3 rings (SSSR count). The van der Waals surface area contributed by atoms with Crippen LogP contribution in [0.15, 0.2) is 41.7 Å². The van der Waals surface area contributed by atoms with Gasteiger partial charge in [0.25, 0.3) is 0 Å². The van der Waals surface area contributed by atoms with E-state index in [0.717, 1.165) is 22.0 Å². The van der Waals surface area contributed by atoms with Crippen LogP contribution in [0.2, 0.25) is 0 Å². The van der Waals surface area contributed by atoms with Crippen molar-refractivity contribution in [2.45, 2.75) is 5.03 Å². The number of nitrogens with zero attached hydrogens (tertiary/aromatic N) is 3. The Bertz CT molecular complexity index is 700. The van der Waals surface area contributed by atoms with Crippen LogP contribution in [-0.2, 0) is 0 Å². The Morgan fingerprint density at radius 2 is 2.05 bits per heavy atom. The Morgan fingerprint density at radius 1 is 1.20 bits per heavy atom. The third-order valence-electron chi connectivity index (χ3n) is 2.60. The number of imidazole rings is 1. The number of fused-ring (bicyclic) bond motifs is 1. The highest BCUT2D eigenvalue weighted by molar-refractivity contribution is 7.99. The van der Waals surface area contributed by atoms with E-state index in [9.17, 15) is 0 Å². The highest BCUT2D eigenvalue weighted by Gasteiger charge is 2.08. The van der Waals surface area contributed by atoms with Crippen LogP contribution < -0.4 is 10.5 Å². The smallest absolute Gasteiger partial charge is 0.223 e. The van der Waals surface area contributed by atoms with Crippen LogP contribution in [0, 0.1) is 0 Å². The molecule has 6 nitrogen and oxygen atoms in total. The summed E-state index contributed by atoms with van der Waals surface area (Å²) in [5.74, 6) is 1.86. The number of para-hydroxylation sites is 1. The summed E-state index contributed by atoms with van der Waals surface area (Å²) in [5, 5.41) is 0.793. The third-order valence-corrected chi connectivity index (χ3v) is 3.54. The molecule has 0 bridgehead atoms. The van der Waals surface area contributed by atoms with Gasteiger partial charge in [-0.15, -0.1) is 11.8 Å². The van der Waals surface area contributed by atoms with Crippen molar-refractivity contribution < 1.29 is 4.74 Å². The predicted octanol–water partition coefficient (Wildman–Crippen LogP) is 2.11. The lowest BCUT2D eigenvalue weighted by atomic mass is 10.3. The predicted molar refractivity (Wildman–Crippen MR) is 78.8 cm³/mol. The SMILES string of the molecule is Nc1nc(SCCOc2ccccc2)c2[nH]cnc2n1. The number of ether oxygens (including phenoxy) is 1. The van der Waals surface area contributed by atoms with Crippen LogP contribution >= 0.6 is 11.8 Å². The molecule has 0 spiro atoms. The largest absolute Gasteiger partial charge is 0.493 e. The summed E-state index contributed by atoms with van der Waals surface area (Å²) in [6.07, 6.45) is 1.59. The van der Waals surface area contributed by atoms with Gasteiger partial charge in [0.2, 0.25) is 5.95 Å². The first-order valence-electron chi connectivity index (χ1n) is 6.10. The zero-order valence-corrected chi connectivity index (χ0v) is 11.4. The Balaban J connectivity index is 1.61. The molecule has 2 heterocycles. The Labute approximate surface area is 119 Å². The lowest BCUT2D eigenvalue weighted by molar-refractivity contribution is 0.344. The van der Waals surface area contributed by atoms with Crippen LogP contribution in [0.5, 0.6) is 5.75 Å². The van der Waals surface area contributed by atoms with Crippen molar-refractivity contribution in [3.63, 3.8) is 0 Å². The number of hydrogen-bond acceptors (Lipinski definition) is 6. The van der Waals surface area contributed by atoms with Gasteiger partial charge in [-0.25, -0.2) is 9.97 Å². The van der Waals surface area contributed by atoms with Gasteiger partial charge in [-0.2, -0.15) is 4.98 Å². The maximum absolute atomic E-state index is 5.66. The first kappa shape index (κ1) is 12.7. The van der Waals surface area contributed by atoms with Gasteiger partial charge in [0.1, 0.15) is 16.3 Å². The lowest BCUT2D eigenvalue weighted by Gasteiger charge is -2.06. The number of benzene rings is 1. The zero-order chi connectivity index (χ0) is 13.8. The number of anilines is 1. The second-order valence-corrected chi connectivity index (χ2v) is 5.08. The first-order valence-corrected chi connectivity index (χ1v) is 7.09. The number of rotatable bonds is 5. The van der Waals surface area contributed by atoms with Gasteiger partial charge in [0, 0.05) is 5.75 Å². The van der Waals surface area contributed by atoms with Crippen LogP contribution in [0.4, 0.5) is 5.95 Å².